The molecule has 2 unspecified atom stereocenters. The molecule has 2 N–H and O–H groups in total. The summed E-state index contributed by atoms with van der Waals surface area (Å²) in [5, 5.41) is 19.5. The summed E-state index contributed by atoms with van der Waals surface area (Å²) in [4.78, 5) is 8.16. The predicted octanol–water partition coefficient (Wildman–Crippen LogP) is 6.82. The first-order valence-corrected chi connectivity index (χ1v) is 11.9. The van der Waals surface area contributed by atoms with Crippen molar-refractivity contribution in [1.29, 1.82) is 0 Å². The predicted molar refractivity (Wildman–Crippen MR) is 132 cm³/mol. The lowest BCUT2D eigenvalue weighted by atomic mass is 9.82. The molecule has 0 aliphatic heterocycles. The van der Waals surface area contributed by atoms with Gasteiger partial charge in [0.25, 0.3) is 0 Å². The van der Waals surface area contributed by atoms with Gasteiger partial charge in [-0.15, -0.1) is 0 Å². The van der Waals surface area contributed by atoms with Crippen LogP contribution in [0.15, 0.2) is 59.7 Å². The van der Waals surface area contributed by atoms with Crippen LogP contribution in [0.5, 0.6) is 5.75 Å². The molecule has 0 saturated heterocycles. The summed E-state index contributed by atoms with van der Waals surface area (Å²) in [5.41, 5.74) is -3.09. The maximum atomic E-state index is 14.0. The number of hydrogen-bond acceptors (Lipinski definition) is 5. The zero-order chi connectivity index (χ0) is 29.1. The molecule has 1 aromatic heterocycles. The number of halogens is 7. The molecule has 0 spiro atoms. The Kier molecular flexibility index (Phi) is 8.91. The number of methoxy groups -OCH3 is 1. The molecule has 2 aromatic carbocycles. The molecule has 5 nitrogen and oxygen atoms in total. The molecule has 1 aliphatic rings. The van der Waals surface area contributed by atoms with E-state index in [1.807, 2.05) is 0 Å². The van der Waals surface area contributed by atoms with Crippen LogP contribution in [-0.4, -0.2) is 52.6 Å². The highest BCUT2D eigenvalue weighted by Crippen LogP contribution is 2.57. The third-order valence-electron chi connectivity index (χ3n) is 6.25. The fourth-order valence-corrected chi connectivity index (χ4v) is 4.23. The van der Waals surface area contributed by atoms with Gasteiger partial charge < -0.3 is 14.9 Å². The van der Waals surface area contributed by atoms with Crippen molar-refractivity contribution in [2.24, 2.45) is 4.99 Å². The van der Waals surface area contributed by atoms with Crippen LogP contribution >= 0.6 is 0 Å². The van der Waals surface area contributed by atoms with Crippen molar-refractivity contribution < 1.29 is 45.7 Å². The zero-order valence-corrected chi connectivity index (χ0v) is 21.0. The van der Waals surface area contributed by atoms with E-state index < -0.39 is 48.1 Å². The smallest absolute Gasteiger partial charge is 0.422 e. The van der Waals surface area contributed by atoms with Crippen molar-refractivity contribution >= 4 is 22.8 Å². The quantitative estimate of drug-likeness (QED) is 0.246. The number of benzene rings is 2. The lowest BCUT2D eigenvalue weighted by molar-refractivity contribution is -0.233. The highest BCUT2D eigenvalue weighted by Gasteiger charge is 2.60. The molecule has 0 radical (unpaired) electrons. The Bertz CT molecular complexity index is 1300. The number of aliphatic hydroxyl groups is 2. The molecular weight excluding hydrogens is 533 g/mol. The Morgan fingerprint density at radius 2 is 1.77 bits per heavy atom. The van der Waals surface area contributed by atoms with E-state index >= 15 is 0 Å². The fraction of sp³-hybridized carbons (Fsp3) is 0.407. The zero-order valence-electron chi connectivity index (χ0n) is 21.0. The second kappa shape index (κ2) is 11.5. The van der Waals surface area contributed by atoms with Crippen LogP contribution in [0.1, 0.15) is 38.2 Å². The molecule has 0 amide bonds. The molecule has 3 aromatic rings. The average Bonchev–Trinajstić information content (AvgIpc) is 3.61. The van der Waals surface area contributed by atoms with Crippen LogP contribution in [0, 0.1) is 5.82 Å². The molecule has 39 heavy (non-hydrogen) atoms. The maximum Gasteiger partial charge on any atom is 0.422 e. The Balaban J connectivity index is 0.000000459. The summed E-state index contributed by atoms with van der Waals surface area (Å²) in [6.07, 6.45) is -9.43. The second-order valence-electron chi connectivity index (χ2n) is 9.50. The molecule has 1 fully saturated rings. The van der Waals surface area contributed by atoms with E-state index in [-0.39, 0.29) is 5.69 Å². The highest BCUT2D eigenvalue weighted by atomic mass is 19.4. The Morgan fingerprint density at radius 1 is 1.08 bits per heavy atom. The van der Waals surface area contributed by atoms with E-state index in [0.29, 0.717) is 41.3 Å². The second-order valence-corrected chi connectivity index (χ2v) is 9.50. The standard InChI is InChI=1S/C23H20F4N2O2.C4H7F3O/c1-31-20-8-7-15(24)12-17(20)21(9-10-21)13-22(30,23(25,26)27)14-29-19-6-2-5-18-16(19)4-3-11-28-18;1-3(8)2-4(5,6)7/h2-8,11-12,14,30H,9-10,13H2,1H3;3,8H,2H2,1H3. The summed E-state index contributed by atoms with van der Waals surface area (Å²) in [6.45, 7) is 1.10. The third-order valence-corrected chi connectivity index (χ3v) is 6.25. The number of aliphatic imine (C=N–C) groups is 1. The average molecular weight is 561 g/mol. The SMILES string of the molecule is CC(O)CC(F)(F)F.COc1ccc(F)cc1C1(CC(O)(C=Nc2cccc3ncccc23)C(F)(F)F)CC1. The topological polar surface area (TPSA) is 74.9 Å². The van der Waals surface area contributed by atoms with Crippen LogP contribution < -0.4 is 4.74 Å². The van der Waals surface area contributed by atoms with Crippen molar-refractivity contribution in [3.63, 3.8) is 0 Å². The lowest BCUT2D eigenvalue weighted by Gasteiger charge is -2.31. The molecule has 0 bridgehead atoms. The summed E-state index contributed by atoms with van der Waals surface area (Å²) in [5.74, 6) is -0.282. The lowest BCUT2D eigenvalue weighted by Crippen LogP contribution is -2.49. The van der Waals surface area contributed by atoms with Gasteiger partial charge in [0.05, 0.1) is 30.8 Å². The van der Waals surface area contributed by atoms with Gasteiger partial charge in [-0.05, 0) is 62.2 Å². The van der Waals surface area contributed by atoms with E-state index in [2.05, 4.69) is 9.98 Å². The number of nitrogens with zero attached hydrogens (tertiary/aromatic N) is 2. The molecule has 2 atom stereocenters. The normalized spacial score (nSPS) is 17.3. The van der Waals surface area contributed by atoms with Gasteiger partial charge in [-0.3, -0.25) is 9.98 Å². The van der Waals surface area contributed by atoms with Crippen molar-refractivity contribution in [2.75, 3.05) is 7.11 Å². The molecule has 1 saturated carbocycles. The van der Waals surface area contributed by atoms with Crippen LogP contribution in [0.2, 0.25) is 0 Å². The summed E-state index contributed by atoms with van der Waals surface area (Å²) < 4.78 is 94.5. The molecular formula is C27H27F7N2O3. The third kappa shape index (κ3) is 7.66. The molecule has 1 heterocycles. The molecule has 212 valence electrons. The van der Waals surface area contributed by atoms with Gasteiger partial charge in [-0.1, -0.05) is 6.07 Å². The van der Waals surface area contributed by atoms with Gasteiger partial charge >= 0.3 is 12.4 Å². The van der Waals surface area contributed by atoms with Gasteiger partial charge in [0.2, 0.25) is 0 Å². The summed E-state index contributed by atoms with van der Waals surface area (Å²) in [6, 6.07) is 12.0. The van der Waals surface area contributed by atoms with E-state index in [4.69, 9.17) is 9.84 Å². The minimum Gasteiger partial charge on any atom is -0.496 e. The van der Waals surface area contributed by atoms with Crippen LogP contribution in [0.3, 0.4) is 0 Å². The van der Waals surface area contributed by atoms with Crippen LogP contribution in [0.25, 0.3) is 10.9 Å². The largest absolute Gasteiger partial charge is 0.496 e. The highest BCUT2D eigenvalue weighted by molar-refractivity contribution is 5.91. The van der Waals surface area contributed by atoms with Crippen LogP contribution in [0.4, 0.5) is 36.4 Å². The van der Waals surface area contributed by atoms with E-state index in [9.17, 15) is 35.8 Å². The van der Waals surface area contributed by atoms with Gasteiger partial charge in [-0.2, -0.15) is 26.3 Å². The van der Waals surface area contributed by atoms with Gasteiger partial charge in [0.1, 0.15) is 11.6 Å². The Labute approximate surface area is 220 Å². The van der Waals surface area contributed by atoms with Crippen molar-refractivity contribution in [1.82, 2.24) is 4.98 Å². The first kappa shape index (κ1) is 30.3. The Hall–Kier alpha value is -3.25. The number of fused-ring (bicyclic) bond motifs is 1. The van der Waals surface area contributed by atoms with Crippen LogP contribution in [-0.2, 0) is 5.41 Å². The number of rotatable bonds is 7. The van der Waals surface area contributed by atoms with Gasteiger partial charge in [0, 0.05) is 35.2 Å². The van der Waals surface area contributed by atoms with E-state index in [1.54, 1.807) is 36.5 Å². The number of aliphatic hydroxyl groups excluding tert-OH is 1. The number of pyridine rings is 1. The van der Waals surface area contributed by atoms with Crippen molar-refractivity contribution in [2.45, 2.75) is 62.1 Å². The number of aromatic nitrogens is 1. The summed E-state index contributed by atoms with van der Waals surface area (Å²) >= 11 is 0. The monoisotopic (exact) mass is 560 g/mol. The van der Waals surface area contributed by atoms with Crippen molar-refractivity contribution in [3.05, 3.63) is 66.1 Å². The Morgan fingerprint density at radius 3 is 2.31 bits per heavy atom. The summed E-state index contributed by atoms with van der Waals surface area (Å²) in [7, 11) is 1.37. The first-order valence-electron chi connectivity index (χ1n) is 11.9. The van der Waals surface area contributed by atoms with Gasteiger partial charge in [-0.25, -0.2) is 4.39 Å². The minimum atomic E-state index is -4.98. The van der Waals surface area contributed by atoms with Crippen molar-refractivity contribution in [3.8, 4) is 5.75 Å². The molecule has 4 rings (SSSR count). The number of ether oxygens (including phenoxy) is 1. The minimum absolute atomic E-state index is 0.265. The fourth-order valence-electron chi connectivity index (χ4n) is 4.23. The van der Waals surface area contributed by atoms with E-state index in [0.717, 1.165) is 6.92 Å². The van der Waals surface area contributed by atoms with E-state index in [1.165, 1.54) is 25.3 Å². The number of hydrogen-bond donors (Lipinski definition) is 2. The first-order chi connectivity index (χ1) is 18.1. The molecule has 1 aliphatic carbocycles. The number of alkyl halides is 6. The van der Waals surface area contributed by atoms with Gasteiger partial charge in [0.15, 0.2) is 5.60 Å². The molecule has 12 heteroatoms. The maximum absolute atomic E-state index is 14.0.